The molecule has 1 rings (SSSR count). The van der Waals surface area contributed by atoms with Crippen LogP contribution in [0, 0.1) is 17.3 Å². The predicted octanol–water partition coefficient (Wildman–Crippen LogP) is 3.62. The van der Waals surface area contributed by atoms with E-state index in [-0.39, 0.29) is 6.10 Å². The lowest BCUT2D eigenvalue weighted by atomic mass is 9.71. The Morgan fingerprint density at radius 3 is 2.53 bits per heavy atom. The van der Waals surface area contributed by atoms with Gasteiger partial charge in [-0.2, -0.15) is 0 Å². The van der Waals surface area contributed by atoms with Gasteiger partial charge < -0.3 is 9.84 Å². The number of ether oxygens (including phenoxy) is 1. The molecule has 0 radical (unpaired) electrons. The van der Waals surface area contributed by atoms with Gasteiger partial charge in [-0.15, -0.1) is 0 Å². The number of hydrogen-bond acceptors (Lipinski definition) is 2. The van der Waals surface area contributed by atoms with E-state index in [0.29, 0.717) is 24.0 Å². The molecular weight excluding hydrogens is 212 g/mol. The topological polar surface area (TPSA) is 29.5 Å². The second-order valence-electron chi connectivity index (χ2n) is 6.82. The van der Waals surface area contributed by atoms with E-state index in [0.717, 1.165) is 25.2 Å². The first-order valence-corrected chi connectivity index (χ1v) is 7.13. The first-order valence-electron chi connectivity index (χ1n) is 7.13. The van der Waals surface area contributed by atoms with Crippen molar-refractivity contribution in [3.63, 3.8) is 0 Å². The Morgan fingerprint density at radius 2 is 2.00 bits per heavy atom. The quantitative estimate of drug-likeness (QED) is 0.798. The monoisotopic (exact) mass is 242 g/mol. The Bertz CT molecular complexity index is 225. The van der Waals surface area contributed by atoms with E-state index in [1.54, 1.807) is 0 Å². The lowest BCUT2D eigenvalue weighted by molar-refractivity contribution is -0.0669. The predicted molar refractivity (Wildman–Crippen MR) is 72.0 cm³/mol. The van der Waals surface area contributed by atoms with Crippen molar-refractivity contribution in [1.82, 2.24) is 0 Å². The van der Waals surface area contributed by atoms with Crippen LogP contribution in [0.25, 0.3) is 0 Å². The van der Waals surface area contributed by atoms with Gasteiger partial charge in [0.2, 0.25) is 0 Å². The van der Waals surface area contributed by atoms with Crippen molar-refractivity contribution >= 4 is 0 Å². The molecule has 102 valence electrons. The molecule has 0 amide bonds. The van der Waals surface area contributed by atoms with Crippen LogP contribution in [0.3, 0.4) is 0 Å². The molecule has 1 saturated carbocycles. The van der Waals surface area contributed by atoms with E-state index < -0.39 is 0 Å². The fourth-order valence-corrected chi connectivity index (χ4v) is 3.06. The molecule has 1 fully saturated rings. The minimum Gasteiger partial charge on any atom is -0.390 e. The van der Waals surface area contributed by atoms with Gasteiger partial charge in [0, 0.05) is 0 Å². The summed E-state index contributed by atoms with van der Waals surface area (Å²) in [4.78, 5) is 0. The zero-order chi connectivity index (χ0) is 13.1. The second-order valence-corrected chi connectivity index (χ2v) is 6.82. The van der Waals surface area contributed by atoms with Crippen LogP contribution in [0.1, 0.15) is 60.3 Å². The molecule has 4 unspecified atom stereocenters. The van der Waals surface area contributed by atoms with Gasteiger partial charge >= 0.3 is 0 Å². The average molecular weight is 242 g/mol. The average Bonchev–Trinajstić information content (AvgIpc) is 2.22. The van der Waals surface area contributed by atoms with Gasteiger partial charge in [-0.1, -0.05) is 41.0 Å². The summed E-state index contributed by atoms with van der Waals surface area (Å²) in [5, 5.41) is 9.92. The highest BCUT2D eigenvalue weighted by Crippen LogP contribution is 2.39. The van der Waals surface area contributed by atoms with Crippen molar-refractivity contribution < 1.29 is 9.84 Å². The Labute approximate surface area is 107 Å². The van der Waals surface area contributed by atoms with E-state index in [4.69, 9.17) is 4.74 Å². The highest BCUT2D eigenvalue weighted by Gasteiger charge is 2.32. The minimum atomic E-state index is -0.305. The Kier molecular flexibility index (Phi) is 5.46. The molecule has 17 heavy (non-hydrogen) atoms. The lowest BCUT2D eigenvalue weighted by Gasteiger charge is -2.39. The summed E-state index contributed by atoms with van der Waals surface area (Å²) in [5.74, 6) is 1.08. The minimum absolute atomic E-state index is 0.305. The SMILES string of the molecule is CCC(C)C(O)COC1CC(C)CC(C)(C)C1. The molecule has 0 saturated heterocycles. The zero-order valence-corrected chi connectivity index (χ0v) is 12.2. The van der Waals surface area contributed by atoms with E-state index in [2.05, 4.69) is 34.6 Å². The number of rotatable bonds is 5. The highest BCUT2D eigenvalue weighted by molar-refractivity contribution is 4.83. The van der Waals surface area contributed by atoms with Gasteiger partial charge in [0.05, 0.1) is 18.8 Å². The number of aliphatic hydroxyl groups excluding tert-OH is 1. The lowest BCUT2D eigenvalue weighted by Crippen LogP contribution is -2.35. The van der Waals surface area contributed by atoms with Crippen LogP contribution >= 0.6 is 0 Å². The molecule has 4 atom stereocenters. The van der Waals surface area contributed by atoms with Crippen molar-refractivity contribution in [3.8, 4) is 0 Å². The Morgan fingerprint density at radius 1 is 1.35 bits per heavy atom. The van der Waals surface area contributed by atoms with Crippen LogP contribution in [-0.2, 0) is 4.74 Å². The van der Waals surface area contributed by atoms with Crippen LogP contribution < -0.4 is 0 Å². The summed E-state index contributed by atoms with van der Waals surface area (Å²) in [6.45, 7) is 11.7. The summed E-state index contributed by atoms with van der Waals surface area (Å²) in [6, 6.07) is 0. The molecule has 0 bridgehead atoms. The maximum atomic E-state index is 9.92. The standard InChI is InChI=1S/C15H30O2/c1-6-12(3)14(16)10-17-13-7-11(2)8-15(4,5)9-13/h11-14,16H,6-10H2,1-5H3. The smallest absolute Gasteiger partial charge is 0.0799 e. The zero-order valence-electron chi connectivity index (χ0n) is 12.2. The summed E-state index contributed by atoms with van der Waals surface area (Å²) >= 11 is 0. The summed E-state index contributed by atoms with van der Waals surface area (Å²) in [6.07, 6.45) is 4.62. The Hall–Kier alpha value is -0.0800. The van der Waals surface area contributed by atoms with Gasteiger partial charge in [-0.3, -0.25) is 0 Å². The molecular formula is C15H30O2. The third kappa shape index (κ3) is 4.97. The highest BCUT2D eigenvalue weighted by atomic mass is 16.5. The van der Waals surface area contributed by atoms with Crippen molar-refractivity contribution in [2.75, 3.05) is 6.61 Å². The van der Waals surface area contributed by atoms with Crippen LogP contribution in [0.5, 0.6) is 0 Å². The van der Waals surface area contributed by atoms with E-state index in [9.17, 15) is 5.11 Å². The van der Waals surface area contributed by atoms with Crippen molar-refractivity contribution in [3.05, 3.63) is 0 Å². The molecule has 1 aliphatic rings. The molecule has 2 heteroatoms. The van der Waals surface area contributed by atoms with E-state index in [1.807, 2.05) is 0 Å². The van der Waals surface area contributed by atoms with Gasteiger partial charge in [0.1, 0.15) is 0 Å². The van der Waals surface area contributed by atoms with Gasteiger partial charge in [-0.25, -0.2) is 0 Å². The first kappa shape index (κ1) is 15.0. The molecule has 1 N–H and O–H groups in total. The normalized spacial score (nSPS) is 32.1. The first-order chi connectivity index (χ1) is 7.84. The maximum Gasteiger partial charge on any atom is 0.0799 e. The number of aliphatic hydroxyl groups is 1. The maximum absolute atomic E-state index is 9.92. The van der Waals surface area contributed by atoms with E-state index in [1.165, 1.54) is 6.42 Å². The van der Waals surface area contributed by atoms with Crippen LogP contribution in [0.15, 0.2) is 0 Å². The molecule has 0 spiro atoms. The molecule has 0 aromatic carbocycles. The molecule has 0 aromatic rings. The van der Waals surface area contributed by atoms with Crippen molar-refractivity contribution in [1.29, 1.82) is 0 Å². The summed E-state index contributed by atoms with van der Waals surface area (Å²) in [5.41, 5.74) is 0.393. The van der Waals surface area contributed by atoms with Crippen LogP contribution in [-0.4, -0.2) is 23.9 Å². The third-order valence-corrected chi connectivity index (χ3v) is 4.15. The van der Waals surface area contributed by atoms with Gasteiger partial charge in [0.25, 0.3) is 0 Å². The second kappa shape index (κ2) is 6.19. The summed E-state index contributed by atoms with van der Waals surface area (Å²) < 4.78 is 5.92. The van der Waals surface area contributed by atoms with Crippen LogP contribution in [0.2, 0.25) is 0 Å². The summed E-state index contributed by atoms with van der Waals surface area (Å²) in [7, 11) is 0. The van der Waals surface area contributed by atoms with Crippen LogP contribution in [0.4, 0.5) is 0 Å². The fourth-order valence-electron chi connectivity index (χ4n) is 3.06. The molecule has 1 aliphatic carbocycles. The largest absolute Gasteiger partial charge is 0.390 e. The molecule has 0 heterocycles. The van der Waals surface area contributed by atoms with Gasteiger partial charge in [0.15, 0.2) is 0 Å². The molecule has 0 aromatic heterocycles. The fraction of sp³-hybridized carbons (Fsp3) is 1.00. The molecule has 2 nitrogen and oxygen atoms in total. The van der Waals surface area contributed by atoms with Crippen molar-refractivity contribution in [2.24, 2.45) is 17.3 Å². The van der Waals surface area contributed by atoms with Crippen molar-refractivity contribution in [2.45, 2.75) is 72.5 Å². The Balaban J connectivity index is 2.36. The number of hydrogen-bond donors (Lipinski definition) is 1. The molecule has 0 aliphatic heterocycles. The van der Waals surface area contributed by atoms with Gasteiger partial charge in [-0.05, 0) is 36.5 Å². The third-order valence-electron chi connectivity index (χ3n) is 4.15. The van der Waals surface area contributed by atoms with E-state index >= 15 is 0 Å².